The first-order valence-electron chi connectivity index (χ1n) is 2.61. The molecule has 47 valence electrons. The molecule has 0 unspecified atom stereocenters. The summed E-state index contributed by atoms with van der Waals surface area (Å²) in [6.07, 6.45) is 0. The molecular formula is C7H7O2. The molecule has 2 N–H and O–H groups in total. The lowest BCUT2D eigenvalue weighted by molar-refractivity contribution is 0.455. The molecule has 1 aromatic carbocycles. The number of aryl methyl sites for hydroxylation is 1. The van der Waals surface area contributed by atoms with Gasteiger partial charge in [-0.15, -0.1) is 0 Å². The molecule has 2 nitrogen and oxygen atoms in total. The fourth-order valence-corrected chi connectivity index (χ4v) is 0.581. The number of rotatable bonds is 0. The molecular weight excluding hydrogens is 116 g/mol. The van der Waals surface area contributed by atoms with Crippen LogP contribution in [-0.2, 0) is 0 Å². The molecule has 0 bridgehead atoms. The van der Waals surface area contributed by atoms with E-state index in [-0.39, 0.29) is 11.5 Å². The Morgan fingerprint density at radius 1 is 1.33 bits per heavy atom. The summed E-state index contributed by atoms with van der Waals surface area (Å²) >= 11 is 0. The van der Waals surface area contributed by atoms with Crippen LogP contribution in [0.3, 0.4) is 0 Å². The first kappa shape index (κ1) is 5.95. The Morgan fingerprint density at radius 3 is 2.44 bits per heavy atom. The van der Waals surface area contributed by atoms with Gasteiger partial charge in [-0.3, -0.25) is 0 Å². The zero-order chi connectivity index (χ0) is 6.85. The van der Waals surface area contributed by atoms with Crippen molar-refractivity contribution >= 4 is 0 Å². The molecule has 2 heteroatoms. The van der Waals surface area contributed by atoms with Crippen LogP contribution < -0.4 is 0 Å². The summed E-state index contributed by atoms with van der Waals surface area (Å²) in [5.74, 6) is 0.220. The molecule has 0 spiro atoms. The molecule has 1 rings (SSSR count). The zero-order valence-corrected chi connectivity index (χ0v) is 5.05. The fraction of sp³-hybridized carbons (Fsp3) is 0.143. The van der Waals surface area contributed by atoms with E-state index in [1.807, 2.05) is 0 Å². The van der Waals surface area contributed by atoms with Crippen LogP contribution in [0.5, 0.6) is 11.5 Å². The van der Waals surface area contributed by atoms with E-state index in [4.69, 9.17) is 10.2 Å². The molecule has 0 amide bonds. The van der Waals surface area contributed by atoms with E-state index in [0.717, 1.165) is 0 Å². The molecule has 0 saturated heterocycles. The Labute approximate surface area is 53.4 Å². The third-order valence-corrected chi connectivity index (χ3v) is 1.10. The quantitative estimate of drug-likeness (QED) is 0.509. The van der Waals surface area contributed by atoms with Crippen LogP contribution >= 0.6 is 0 Å². The first-order valence-corrected chi connectivity index (χ1v) is 2.61. The van der Waals surface area contributed by atoms with Crippen LogP contribution in [-0.4, -0.2) is 10.2 Å². The highest BCUT2D eigenvalue weighted by molar-refractivity contribution is 5.35. The minimum absolute atomic E-state index is 0.0605. The Morgan fingerprint density at radius 2 is 2.00 bits per heavy atom. The normalized spacial score (nSPS) is 9.44. The predicted molar refractivity (Wildman–Crippen MR) is 33.3 cm³/mol. The van der Waals surface area contributed by atoms with Crippen LogP contribution in [0.15, 0.2) is 12.1 Å². The van der Waals surface area contributed by atoms with Gasteiger partial charge in [-0.05, 0) is 19.1 Å². The lowest BCUT2D eigenvalue weighted by Crippen LogP contribution is -1.72. The minimum atomic E-state index is 0.0605. The van der Waals surface area contributed by atoms with Gasteiger partial charge in [0.15, 0.2) is 0 Å². The van der Waals surface area contributed by atoms with Gasteiger partial charge in [0.2, 0.25) is 0 Å². The molecule has 0 atom stereocenters. The van der Waals surface area contributed by atoms with Crippen molar-refractivity contribution in [1.29, 1.82) is 0 Å². The maximum atomic E-state index is 8.90. The van der Waals surface area contributed by atoms with E-state index >= 15 is 0 Å². The number of benzene rings is 1. The van der Waals surface area contributed by atoms with Crippen LogP contribution in [0, 0.1) is 13.0 Å². The van der Waals surface area contributed by atoms with E-state index in [2.05, 4.69) is 6.07 Å². The number of phenolic OH excluding ortho intramolecular Hbond substituents is 2. The average Bonchev–Trinajstić information content (AvgIpc) is 1.80. The van der Waals surface area contributed by atoms with Crippen molar-refractivity contribution in [2.24, 2.45) is 0 Å². The Bertz CT molecular complexity index is 218. The molecule has 0 aliphatic heterocycles. The smallest absolute Gasteiger partial charge is 0.124 e. The summed E-state index contributed by atoms with van der Waals surface area (Å²) in [7, 11) is 0. The molecule has 9 heavy (non-hydrogen) atoms. The topological polar surface area (TPSA) is 40.5 Å². The SMILES string of the molecule is Cc1[c]c(O)ccc1O. The second-order valence-electron chi connectivity index (χ2n) is 1.85. The van der Waals surface area contributed by atoms with E-state index < -0.39 is 0 Å². The van der Waals surface area contributed by atoms with E-state index in [9.17, 15) is 0 Å². The fourth-order valence-electron chi connectivity index (χ4n) is 0.581. The number of hydrogen-bond acceptors (Lipinski definition) is 2. The average molecular weight is 123 g/mol. The minimum Gasteiger partial charge on any atom is -0.508 e. The number of aromatic hydroxyl groups is 2. The molecule has 0 saturated carbocycles. The van der Waals surface area contributed by atoms with Gasteiger partial charge in [-0.2, -0.15) is 0 Å². The first-order chi connectivity index (χ1) is 4.20. The molecule has 1 aromatic rings. The third-order valence-electron chi connectivity index (χ3n) is 1.10. The number of hydrogen-bond donors (Lipinski definition) is 2. The van der Waals surface area contributed by atoms with Crippen LogP contribution in [0.2, 0.25) is 0 Å². The lowest BCUT2D eigenvalue weighted by Gasteiger charge is -1.95. The standard InChI is InChI=1S/C7H7O2/c1-5-4-6(8)2-3-7(5)9/h2-3,8-9H,1H3. The van der Waals surface area contributed by atoms with Crippen molar-refractivity contribution in [2.45, 2.75) is 6.92 Å². The molecule has 1 radical (unpaired) electrons. The molecule has 0 aromatic heterocycles. The monoisotopic (exact) mass is 123 g/mol. The van der Waals surface area contributed by atoms with Gasteiger partial charge >= 0.3 is 0 Å². The Balaban J connectivity index is 3.17. The molecule has 0 heterocycles. The predicted octanol–water partition coefficient (Wildman–Crippen LogP) is 1.21. The molecule has 0 fully saturated rings. The second kappa shape index (κ2) is 1.97. The van der Waals surface area contributed by atoms with Crippen molar-refractivity contribution < 1.29 is 10.2 Å². The highest BCUT2D eigenvalue weighted by Gasteiger charge is 1.94. The largest absolute Gasteiger partial charge is 0.508 e. The highest BCUT2D eigenvalue weighted by atomic mass is 16.3. The summed E-state index contributed by atoms with van der Waals surface area (Å²) in [4.78, 5) is 0. The van der Waals surface area contributed by atoms with Gasteiger partial charge in [0, 0.05) is 11.6 Å². The third kappa shape index (κ3) is 1.13. The van der Waals surface area contributed by atoms with Crippen molar-refractivity contribution in [3.63, 3.8) is 0 Å². The van der Waals surface area contributed by atoms with Crippen molar-refractivity contribution in [3.05, 3.63) is 23.8 Å². The number of phenols is 2. The van der Waals surface area contributed by atoms with Gasteiger partial charge in [0.25, 0.3) is 0 Å². The van der Waals surface area contributed by atoms with E-state index in [1.54, 1.807) is 6.92 Å². The maximum absolute atomic E-state index is 8.90. The van der Waals surface area contributed by atoms with E-state index in [1.165, 1.54) is 12.1 Å². The zero-order valence-electron chi connectivity index (χ0n) is 5.05. The molecule has 0 aliphatic carbocycles. The van der Waals surface area contributed by atoms with Crippen LogP contribution in [0.25, 0.3) is 0 Å². The van der Waals surface area contributed by atoms with Crippen LogP contribution in [0.1, 0.15) is 5.56 Å². The van der Waals surface area contributed by atoms with Crippen molar-refractivity contribution in [1.82, 2.24) is 0 Å². The maximum Gasteiger partial charge on any atom is 0.124 e. The Kier molecular flexibility index (Phi) is 1.30. The molecule has 0 aliphatic rings. The summed E-state index contributed by atoms with van der Waals surface area (Å²) in [6, 6.07) is 5.37. The van der Waals surface area contributed by atoms with Crippen molar-refractivity contribution in [3.8, 4) is 11.5 Å². The summed E-state index contributed by atoms with van der Waals surface area (Å²) in [5.41, 5.74) is 0.565. The van der Waals surface area contributed by atoms with Crippen molar-refractivity contribution in [2.75, 3.05) is 0 Å². The summed E-state index contributed by atoms with van der Waals surface area (Å²) < 4.78 is 0. The summed E-state index contributed by atoms with van der Waals surface area (Å²) in [6.45, 7) is 1.68. The van der Waals surface area contributed by atoms with Gasteiger partial charge < -0.3 is 10.2 Å². The van der Waals surface area contributed by atoms with Gasteiger partial charge in [0.1, 0.15) is 11.5 Å². The van der Waals surface area contributed by atoms with Crippen LogP contribution in [0.4, 0.5) is 0 Å². The van der Waals surface area contributed by atoms with Gasteiger partial charge in [-0.1, -0.05) is 0 Å². The lowest BCUT2D eigenvalue weighted by atomic mass is 10.2. The summed E-state index contributed by atoms with van der Waals surface area (Å²) in [5, 5.41) is 17.7. The van der Waals surface area contributed by atoms with Gasteiger partial charge in [-0.25, -0.2) is 0 Å². The van der Waals surface area contributed by atoms with E-state index in [0.29, 0.717) is 5.56 Å². The second-order valence-corrected chi connectivity index (χ2v) is 1.85. The van der Waals surface area contributed by atoms with Gasteiger partial charge in [0.05, 0.1) is 0 Å². The highest BCUT2D eigenvalue weighted by Crippen LogP contribution is 2.19. The Hall–Kier alpha value is -1.18.